The number of nitrogens with two attached hydrogens (primary N) is 1. The quantitative estimate of drug-likeness (QED) is 0.642. The number of carbonyl (C=O) groups excluding carboxylic acids is 3. The van der Waals surface area contributed by atoms with Crippen LogP contribution in [0.3, 0.4) is 0 Å². The molecule has 0 radical (unpaired) electrons. The molecule has 2 aromatic rings. The summed E-state index contributed by atoms with van der Waals surface area (Å²) in [5.41, 5.74) is 7.33. The minimum absolute atomic E-state index is 0.218. The Kier molecular flexibility index (Phi) is 4.98. The Morgan fingerprint density at radius 1 is 1.15 bits per heavy atom. The van der Waals surface area contributed by atoms with Crippen molar-refractivity contribution in [2.75, 3.05) is 16.0 Å². The summed E-state index contributed by atoms with van der Waals surface area (Å²) in [4.78, 5) is 35.2. The van der Waals surface area contributed by atoms with Crippen molar-refractivity contribution < 1.29 is 19.1 Å². The van der Waals surface area contributed by atoms with Gasteiger partial charge in [0.25, 0.3) is 5.91 Å². The summed E-state index contributed by atoms with van der Waals surface area (Å²) in [6.45, 7) is 3.39. The lowest BCUT2D eigenvalue weighted by Crippen LogP contribution is -2.34. The lowest BCUT2D eigenvalue weighted by Gasteiger charge is -2.24. The van der Waals surface area contributed by atoms with Gasteiger partial charge in [0.2, 0.25) is 11.8 Å². The second-order valence-corrected chi connectivity index (χ2v) is 6.26. The molecule has 0 aliphatic carbocycles. The largest absolute Gasteiger partial charge is 0.479 e. The Morgan fingerprint density at radius 2 is 1.81 bits per heavy atom. The Morgan fingerprint density at radius 3 is 2.48 bits per heavy atom. The Bertz CT molecular complexity index is 895. The summed E-state index contributed by atoms with van der Waals surface area (Å²) < 4.78 is 5.50. The molecule has 5 N–H and O–H groups in total. The van der Waals surface area contributed by atoms with Crippen molar-refractivity contribution in [1.82, 2.24) is 0 Å². The van der Waals surface area contributed by atoms with E-state index in [0.717, 1.165) is 0 Å². The Hall–Kier alpha value is -3.55. The molecule has 27 heavy (non-hydrogen) atoms. The van der Waals surface area contributed by atoms with Crippen LogP contribution in [0, 0.1) is 0 Å². The van der Waals surface area contributed by atoms with Crippen LogP contribution >= 0.6 is 0 Å². The summed E-state index contributed by atoms with van der Waals surface area (Å²) in [5.74, 6) is -0.418. The molecule has 0 saturated heterocycles. The highest BCUT2D eigenvalue weighted by Crippen LogP contribution is 2.32. The van der Waals surface area contributed by atoms with Crippen LogP contribution in [0.4, 0.5) is 17.1 Å². The molecule has 2 atom stereocenters. The van der Waals surface area contributed by atoms with Gasteiger partial charge in [-0.2, -0.15) is 0 Å². The number of hydrogen-bond acceptors (Lipinski definition) is 5. The molecule has 1 aliphatic heterocycles. The number of rotatable bonds is 5. The predicted octanol–water partition coefficient (Wildman–Crippen LogP) is 1.94. The van der Waals surface area contributed by atoms with Crippen molar-refractivity contribution in [1.29, 1.82) is 0 Å². The molecule has 0 fully saturated rings. The molecule has 0 saturated carbocycles. The zero-order chi connectivity index (χ0) is 19.6. The molecule has 8 heteroatoms. The first-order valence-electron chi connectivity index (χ1n) is 8.42. The van der Waals surface area contributed by atoms with Gasteiger partial charge in [-0.25, -0.2) is 0 Å². The number of hydrogen-bond donors (Lipinski definition) is 4. The van der Waals surface area contributed by atoms with Gasteiger partial charge in [-0.15, -0.1) is 0 Å². The normalized spacial score (nSPS) is 16.4. The van der Waals surface area contributed by atoms with Gasteiger partial charge in [-0.1, -0.05) is 0 Å². The number of carbonyl (C=O) groups is 3. The maximum atomic E-state index is 12.4. The summed E-state index contributed by atoms with van der Waals surface area (Å²) in [5, 5.41) is 8.59. The molecule has 0 unspecified atom stereocenters. The van der Waals surface area contributed by atoms with E-state index in [-0.39, 0.29) is 11.8 Å². The molecule has 8 nitrogen and oxygen atoms in total. The first kappa shape index (κ1) is 18.2. The topological polar surface area (TPSA) is 123 Å². The molecule has 0 spiro atoms. The van der Waals surface area contributed by atoms with Gasteiger partial charge in [0.15, 0.2) is 6.10 Å². The Balaban J connectivity index is 1.63. The number of fused-ring (bicyclic) bond motifs is 1. The van der Waals surface area contributed by atoms with E-state index in [1.54, 1.807) is 56.3 Å². The van der Waals surface area contributed by atoms with E-state index in [4.69, 9.17) is 10.5 Å². The highest BCUT2D eigenvalue weighted by molar-refractivity contribution is 5.99. The van der Waals surface area contributed by atoms with Crippen molar-refractivity contribution in [3.63, 3.8) is 0 Å². The molecule has 3 rings (SSSR count). The van der Waals surface area contributed by atoms with Crippen molar-refractivity contribution in [2.24, 2.45) is 5.73 Å². The van der Waals surface area contributed by atoms with Crippen molar-refractivity contribution >= 4 is 34.8 Å². The second-order valence-electron chi connectivity index (χ2n) is 6.26. The van der Waals surface area contributed by atoms with Crippen molar-refractivity contribution in [3.05, 3.63) is 48.0 Å². The van der Waals surface area contributed by atoms with Gasteiger partial charge < -0.3 is 26.4 Å². The molecule has 1 heterocycles. The van der Waals surface area contributed by atoms with E-state index < -0.39 is 18.1 Å². The highest BCUT2D eigenvalue weighted by atomic mass is 16.5. The maximum absolute atomic E-state index is 12.4. The number of nitrogens with one attached hydrogen (secondary N) is 3. The predicted molar refractivity (Wildman–Crippen MR) is 102 cm³/mol. The van der Waals surface area contributed by atoms with Crippen LogP contribution < -0.4 is 26.4 Å². The summed E-state index contributed by atoms with van der Waals surface area (Å²) >= 11 is 0. The van der Waals surface area contributed by atoms with Crippen LogP contribution in [0.5, 0.6) is 5.75 Å². The molecule has 140 valence electrons. The van der Waals surface area contributed by atoms with Crippen LogP contribution in [0.25, 0.3) is 0 Å². The molecule has 1 aliphatic rings. The van der Waals surface area contributed by atoms with Gasteiger partial charge in [-0.05, 0) is 56.3 Å². The van der Waals surface area contributed by atoms with E-state index in [9.17, 15) is 14.4 Å². The van der Waals surface area contributed by atoms with Crippen LogP contribution in [0.2, 0.25) is 0 Å². The minimum Gasteiger partial charge on any atom is -0.479 e. The third-order valence-electron chi connectivity index (χ3n) is 4.12. The smallest absolute Gasteiger partial charge is 0.265 e. The minimum atomic E-state index is -0.544. The van der Waals surface area contributed by atoms with Gasteiger partial charge in [0.05, 0.1) is 5.69 Å². The summed E-state index contributed by atoms with van der Waals surface area (Å²) in [6.07, 6.45) is -0.540. The van der Waals surface area contributed by atoms with Gasteiger partial charge in [-0.3, -0.25) is 14.4 Å². The van der Waals surface area contributed by atoms with Crippen LogP contribution in [-0.4, -0.2) is 29.9 Å². The number of benzene rings is 2. The zero-order valence-electron chi connectivity index (χ0n) is 14.9. The van der Waals surface area contributed by atoms with Crippen molar-refractivity contribution in [3.8, 4) is 5.75 Å². The first-order valence-corrected chi connectivity index (χ1v) is 8.42. The lowest BCUT2D eigenvalue weighted by molar-refractivity contribution is -0.122. The zero-order valence-corrected chi connectivity index (χ0v) is 14.9. The summed E-state index contributed by atoms with van der Waals surface area (Å²) in [6, 6.07) is 11.0. The molecular formula is C19H20N4O4. The Labute approximate surface area is 156 Å². The molecule has 3 amide bonds. The van der Waals surface area contributed by atoms with Crippen molar-refractivity contribution in [2.45, 2.75) is 26.0 Å². The number of amides is 3. The van der Waals surface area contributed by atoms with Gasteiger partial charge in [0.1, 0.15) is 11.8 Å². The number of primary amides is 1. The van der Waals surface area contributed by atoms with Gasteiger partial charge in [0, 0.05) is 16.9 Å². The van der Waals surface area contributed by atoms with E-state index in [2.05, 4.69) is 16.0 Å². The van der Waals surface area contributed by atoms with Crippen LogP contribution in [0.15, 0.2) is 42.5 Å². The average Bonchev–Trinajstić information content (AvgIpc) is 2.63. The first-order chi connectivity index (χ1) is 12.8. The van der Waals surface area contributed by atoms with Gasteiger partial charge >= 0.3 is 0 Å². The third kappa shape index (κ3) is 4.17. The average molecular weight is 368 g/mol. The second kappa shape index (κ2) is 7.36. The third-order valence-corrected chi connectivity index (χ3v) is 4.12. The number of ether oxygens (including phenoxy) is 1. The standard InChI is InChI=1S/C19H20N4O4/c1-10(18(25)22-13-5-3-12(4-6-13)17(20)24)21-14-7-8-16-15(9-14)23-19(26)11(2)27-16/h3-11,21H,1-2H3,(H2,20,24)(H,22,25)(H,23,26)/t10-,11+/m0/s1. The van der Waals surface area contributed by atoms with E-state index in [1.165, 1.54) is 0 Å². The molecule has 2 aromatic carbocycles. The molecule has 0 aromatic heterocycles. The molecule has 0 bridgehead atoms. The van der Waals surface area contributed by atoms with E-state index in [1.807, 2.05) is 0 Å². The van der Waals surface area contributed by atoms with E-state index in [0.29, 0.717) is 28.4 Å². The fourth-order valence-electron chi connectivity index (χ4n) is 2.58. The van der Waals surface area contributed by atoms with Crippen LogP contribution in [-0.2, 0) is 9.59 Å². The monoisotopic (exact) mass is 368 g/mol. The highest BCUT2D eigenvalue weighted by Gasteiger charge is 2.24. The lowest BCUT2D eigenvalue weighted by atomic mass is 10.2. The van der Waals surface area contributed by atoms with E-state index >= 15 is 0 Å². The maximum Gasteiger partial charge on any atom is 0.265 e. The van der Waals surface area contributed by atoms with Crippen LogP contribution in [0.1, 0.15) is 24.2 Å². The fraction of sp³-hybridized carbons (Fsp3) is 0.211. The number of anilines is 3. The summed E-state index contributed by atoms with van der Waals surface area (Å²) in [7, 11) is 0. The molecular weight excluding hydrogens is 348 g/mol. The SMILES string of the molecule is C[C@H](Nc1ccc2c(c1)NC(=O)[C@@H](C)O2)C(=O)Nc1ccc(C(N)=O)cc1. The fourth-order valence-corrected chi connectivity index (χ4v) is 2.58.